The van der Waals surface area contributed by atoms with Gasteiger partial charge in [0.15, 0.2) is 10.8 Å². The zero-order valence-corrected chi connectivity index (χ0v) is 16.0. The highest BCUT2D eigenvalue weighted by atomic mass is 32.1. The van der Waals surface area contributed by atoms with Crippen molar-refractivity contribution in [2.75, 3.05) is 7.11 Å². The molecule has 0 aliphatic heterocycles. The van der Waals surface area contributed by atoms with E-state index in [0.717, 1.165) is 33.4 Å². The quantitative estimate of drug-likeness (QED) is 0.468. The van der Waals surface area contributed by atoms with E-state index in [-0.39, 0.29) is 0 Å². The maximum Gasteiger partial charge on any atom is 0.235 e. The summed E-state index contributed by atoms with van der Waals surface area (Å²) in [4.78, 5) is 0.715. The molecule has 5 aromatic rings. The van der Waals surface area contributed by atoms with Gasteiger partial charge >= 0.3 is 0 Å². The first-order valence-corrected chi connectivity index (χ1v) is 9.41. The Morgan fingerprint density at radius 2 is 1.71 bits per heavy atom. The summed E-state index contributed by atoms with van der Waals surface area (Å²) >= 11 is 1.44. The van der Waals surface area contributed by atoms with Crippen LogP contribution in [0.5, 0.6) is 5.75 Å². The van der Waals surface area contributed by atoms with Gasteiger partial charge < -0.3 is 4.74 Å². The molecule has 0 aliphatic rings. The highest BCUT2D eigenvalue weighted by Crippen LogP contribution is 2.29. The third kappa shape index (κ3) is 2.64. The molecule has 0 bridgehead atoms. The van der Waals surface area contributed by atoms with Crippen LogP contribution < -0.4 is 4.74 Å². The van der Waals surface area contributed by atoms with Crippen molar-refractivity contribution in [1.29, 1.82) is 0 Å². The number of ether oxygens (including phenoxy) is 1. The highest BCUT2D eigenvalue weighted by Gasteiger charge is 2.19. The number of hydrogen-bond acceptors (Lipinski definition) is 7. The second-order valence-electron chi connectivity index (χ2n) is 6.12. The number of rotatable bonds is 4. The molecule has 28 heavy (non-hydrogen) atoms. The number of methoxy groups -OCH3 is 1. The molecular formula is C19H15N7OS. The summed E-state index contributed by atoms with van der Waals surface area (Å²) in [6.45, 7) is 1.97. The summed E-state index contributed by atoms with van der Waals surface area (Å²) in [5, 5.41) is 22.6. The lowest BCUT2D eigenvalue weighted by atomic mass is 10.2. The van der Waals surface area contributed by atoms with E-state index in [9.17, 15) is 0 Å². The van der Waals surface area contributed by atoms with Crippen LogP contribution in [-0.2, 0) is 0 Å². The van der Waals surface area contributed by atoms with E-state index in [1.54, 1.807) is 16.3 Å². The molecule has 0 radical (unpaired) electrons. The van der Waals surface area contributed by atoms with Crippen molar-refractivity contribution in [1.82, 2.24) is 34.8 Å². The Morgan fingerprint density at radius 3 is 2.46 bits per heavy atom. The Kier molecular flexibility index (Phi) is 3.87. The molecule has 8 nitrogen and oxygen atoms in total. The van der Waals surface area contributed by atoms with Crippen molar-refractivity contribution in [3.8, 4) is 33.5 Å². The molecule has 138 valence electrons. The maximum atomic E-state index is 5.21. The van der Waals surface area contributed by atoms with E-state index < -0.39 is 0 Å². The lowest BCUT2D eigenvalue weighted by Crippen LogP contribution is -1.99. The van der Waals surface area contributed by atoms with Crippen molar-refractivity contribution < 1.29 is 4.74 Å². The zero-order chi connectivity index (χ0) is 19.1. The third-order valence-electron chi connectivity index (χ3n) is 4.44. The predicted molar refractivity (Wildman–Crippen MR) is 106 cm³/mol. The van der Waals surface area contributed by atoms with Crippen LogP contribution >= 0.6 is 11.3 Å². The molecule has 0 fully saturated rings. The van der Waals surface area contributed by atoms with Gasteiger partial charge in [-0.05, 0) is 31.2 Å². The molecule has 0 saturated heterocycles. The number of benzene rings is 2. The van der Waals surface area contributed by atoms with Gasteiger partial charge in [-0.2, -0.15) is 9.61 Å². The Hall–Kier alpha value is -3.59. The van der Waals surface area contributed by atoms with Crippen LogP contribution in [0.2, 0.25) is 0 Å². The molecule has 0 unspecified atom stereocenters. The average Bonchev–Trinajstić information content (AvgIpc) is 3.42. The molecule has 0 saturated carbocycles. The molecule has 2 aromatic carbocycles. The standard InChI is InChI=1S/C19H15N7OS/c1-12-16(20-24-25(12)14-8-10-15(27-2)11-9-14)18-23-26-17(21-22-19(26)28-18)13-6-4-3-5-7-13/h3-11H,1-2H3. The van der Waals surface area contributed by atoms with E-state index in [1.807, 2.05) is 61.5 Å². The van der Waals surface area contributed by atoms with Crippen LogP contribution in [0, 0.1) is 6.92 Å². The number of fused-ring (bicyclic) bond motifs is 1. The summed E-state index contributed by atoms with van der Waals surface area (Å²) in [5.41, 5.74) is 3.50. The second-order valence-corrected chi connectivity index (χ2v) is 7.08. The van der Waals surface area contributed by atoms with Crippen LogP contribution in [0.4, 0.5) is 0 Å². The van der Waals surface area contributed by atoms with Crippen LogP contribution in [0.15, 0.2) is 54.6 Å². The molecule has 0 N–H and O–H groups in total. The summed E-state index contributed by atoms with van der Waals surface area (Å²) in [5.74, 6) is 1.50. The molecule has 0 aliphatic carbocycles. The van der Waals surface area contributed by atoms with Gasteiger partial charge in [-0.1, -0.05) is 46.9 Å². The van der Waals surface area contributed by atoms with E-state index >= 15 is 0 Å². The van der Waals surface area contributed by atoms with Crippen LogP contribution in [0.3, 0.4) is 0 Å². The van der Waals surface area contributed by atoms with Gasteiger partial charge in [0.05, 0.1) is 18.5 Å². The van der Waals surface area contributed by atoms with Crippen molar-refractivity contribution in [3.05, 3.63) is 60.3 Å². The fourth-order valence-corrected chi connectivity index (χ4v) is 3.85. The SMILES string of the molecule is COc1ccc(-n2nnc(-c3nn4c(-c5ccccc5)nnc4s3)c2C)cc1. The summed E-state index contributed by atoms with van der Waals surface area (Å²) in [6.07, 6.45) is 0. The molecule has 3 heterocycles. The van der Waals surface area contributed by atoms with Gasteiger partial charge in [-0.3, -0.25) is 0 Å². The molecule has 0 spiro atoms. The predicted octanol–water partition coefficient (Wildman–Crippen LogP) is 3.42. The van der Waals surface area contributed by atoms with Crippen molar-refractivity contribution in [2.24, 2.45) is 0 Å². The minimum Gasteiger partial charge on any atom is -0.497 e. The molecule has 0 amide bonds. The summed E-state index contributed by atoms with van der Waals surface area (Å²) in [6, 6.07) is 17.5. The largest absolute Gasteiger partial charge is 0.497 e. The Labute approximate surface area is 164 Å². The Bertz CT molecular complexity index is 1250. The Morgan fingerprint density at radius 1 is 0.929 bits per heavy atom. The third-order valence-corrected chi connectivity index (χ3v) is 5.34. The Balaban J connectivity index is 1.56. The monoisotopic (exact) mass is 389 g/mol. The smallest absolute Gasteiger partial charge is 0.235 e. The minimum atomic E-state index is 0.707. The minimum absolute atomic E-state index is 0.707. The average molecular weight is 389 g/mol. The van der Waals surface area contributed by atoms with Gasteiger partial charge in [0.2, 0.25) is 4.96 Å². The molecule has 3 aromatic heterocycles. The van der Waals surface area contributed by atoms with Gasteiger partial charge in [-0.15, -0.1) is 15.3 Å². The topological polar surface area (TPSA) is 83.0 Å². The molecule has 5 rings (SSSR count). The van der Waals surface area contributed by atoms with Crippen molar-refractivity contribution in [3.63, 3.8) is 0 Å². The van der Waals surface area contributed by atoms with Gasteiger partial charge in [0.25, 0.3) is 0 Å². The fraction of sp³-hybridized carbons (Fsp3) is 0.105. The van der Waals surface area contributed by atoms with Crippen molar-refractivity contribution in [2.45, 2.75) is 6.92 Å². The number of aromatic nitrogens is 7. The van der Waals surface area contributed by atoms with E-state index in [1.165, 1.54) is 11.3 Å². The highest BCUT2D eigenvalue weighted by molar-refractivity contribution is 7.19. The van der Waals surface area contributed by atoms with Gasteiger partial charge in [-0.25, -0.2) is 4.68 Å². The van der Waals surface area contributed by atoms with E-state index in [2.05, 4.69) is 25.6 Å². The fourth-order valence-electron chi connectivity index (χ4n) is 2.98. The normalized spacial score (nSPS) is 11.2. The lowest BCUT2D eigenvalue weighted by molar-refractivity contribution is 0.414. The van der Waals surface area contributed by atoms with Gasteiger partial charge in [0, 0.05) is 5.56 Å². The molecule has 0 atom stereocenters. The molecule has 9 heteroatoms. The summed E-state index contributed by atoms with van der Waals surface area (Å²) in [7, 11) is 1.64. The van der Waals surface area contributed by atoms with E-state index in [4.69, 9.17) is 4.74 Å². The first-order valence-electron chi connectivity index (χ1n) is 8.59. The first kappa shape index (κ1) is 16.6. The summed E-state index contributed by atoms with van der Waals surface area (Å²) < 4.78 is 8.75. The lowest BCUT2D eigenvalue weighted by Gasteiger charge is -2.04. The van der Waals surface area contributed by atoms with Crippen LogP contribution in [0.25, 0.3) is 32.7 Å². The van der Waals surface area contributed by atoms with Crippen LogP contribution in [-0.4, -0.2) is 41.9 Å². The maximum absolute atomic E-state index is 5.21. The van der Waals surface area contributed by atoms with E-state index in [0.29, 0.717) is 10.8 Å². The zero-order valence-electron chi connectivity index (χ0n) is 15.1. The van der Waals surface area contributed by atoms with Crippen molar-refractivity contribution >= 4 is 16.3 Å². The number of nitrogens with zero attached hydrogens (tertiary/aromatic N) is 7. The second kappa shape index (κ2) is 6.54. The van der Waals surface area contributed by atoms with Gasteiger partial charge in [0.1, 0.15) is 11.4 Å². The van der Waals surface area contributed by atoms with Crippen LogP contribution in [0.1, 0.15) is 5.69 Å². The molecular weight excluding hydrogens is 374 g/mol. The number of hydrogen-bond donors (Lipinski definition) is 0. The first-order chi connectivity index (χ1) is 13.7.